The van der Waals surface area contributed by atoms with Crippen LogP contribution >= 0.6 is 11.6 Å². The minimum atomic E-state index is -0.521. The molecule has 0 bridgehead atoms. The van der Waals surface area contributed by atoms with Gasteiger partial charge in [0.05, 0.1) is 13.2 Å². The molecule has 0 aromatic carbocycles. The summed E-state index contributed by atoms with van der Waals surface area (Å²) in [7, 11) is 4.65. The third-order valence-electron chi connectivity index (χ3n) is 0.561. The highest BCUT2D eigenvalue weighted by molar-refractivity contribution is 6.63. The molecule has 0 saturated carbocycles. The predicted octanol–water partition coefficient (Wildman–Crippen LogP) is 0.454. The van der Waals surface area contributed by atoms with Crippen molar-refractivity contribution in [3.05, 3.63) is 7.11 Å². The van der Waals surface area contributed by atoms with Crippen LogP contribution in [0.2, 0.25) is 0 Å². The van der Waals surface area contributed by atoms with Gasteiger partial charge in [0.1, 0.15) is 13.7 Å². The molecule has 0 rings (SSSR count). The molecular weight excluding hydrogens is 144 g/mol. The van der Waals surface area contributed by atoms with Crippen LogP contribution in [0, 0.1) is 7.11 Å². The van der Waals surface area contributed by atoms with Crippen molar-refractivity contribution in [2.45, 2.75) is 0 Å². The standard InChI is InChI=1S/C5H7ClO3/c1-8-2-3-9-4-5(6)7/h1H,2-4H2. The van der Waals surface area contributed by atoms with Gasteiger partial charge in [0.2, 0.25) is 5.24 Å². The van der Waals surface area contributed by atoms with Crippen LogP contribution in [-0.2, 0) is 14.3 Å². The second kappa shape index (κ2) is 6.01. The first-order valence-corrected chi connectivity index (χ1v) is 2.73. The maximum Gasteiger partial charge on any atom is 0.247 e. The predicted molar refractivity (Wildman–Crippen MR) is 31.9 cm³/mol. The van der Waals surface area contributed by atoms with Crippen LogP contribution in [0.1, 0.15) is 0 Å². The summed E-state index contributed by atoms with van der Waals surface area (Å²) in [5, 5.41) is -0.521. The lowest BCUT2D eigenvalue weighted by Gasteiger charge is -1.96. The van der Waals surface area contributed by atoms with E-state index in [1.807, 2.05) is 0 Å². The van der Waals surface area contributed by atoms with Crippen molar-refractivity contribution >= 4 is 16.8 Å². The molecule has 0 aliphatic rings. The van der Waals surface area contributed by atoms with Gasteiger partial charge in [-0.3, -0.25) is 4.79 Å². The number of halogens is 1. The Hall–Kier alpha value is -0.120. The molecule has 9 heavy (non-hydrogen) atoms. The Morgan fingerprint density at radius 1 is 1.56 bits per heavy atom. The van der Waals surface area contributed by atoms with E-state index in [-0.39, 0.29) is 19.8 Å². The number of rotatable bonds is 5. The van der Waals surface area contributed by atoms with Crippen molar-refractivity contribution in [2.75, 3.05) is 19.8 Å². The lowest BCUT2D eigenvalue weighted by molar-refractivity contribution is -0.116. The van der Waals surface area contributed by atoms with Crippen molar-refractivity contribution in [3.63, 3.8) is 0 Å². The van der Waals surface area contributed by atoms with Crippen molar-refractivity contribution < 1.29 is 14.3 Å². The summed E-state index contributed by atoms with van der Waals surface area (Å²) in [6.07, 6.45) is 0. The van der Waals surface area contributed by atoms with E-state index in [2.05, 4.69) is 16.6 Å². The maximum absolute atomic E-state index is 9.98. The number of ether oxygens (including phenoxy) is 2. The number of hydrogen-bond donors (Lipinski definition) is 0. The van der Waals surface area contributed by atoms with E-state index in [0.717, 1.165) is 0 Å². The van der Waals surface area contributed by atoms with Gasteiger partial charge in [-0.15, -0.1) is 0 Å². The molecule has 0 atom stereocenters. The molecular formula is C5H7ClO3. The summed E-state index contributed by atoms with van der Waals surface area (Å²) in [6, 6.07) is 0. The molecule has 0 fully saturated rings. The molecule has 3 nitrogen and oxygen atoms in total. The van der Waals surface area contributed by atoms with E-state index >= 15 is 0 Å². The van der Waals surface area contributed by atoms with Crippen LogP contribution in [0.3, 0.4) is 0 Å². The average Bonchev–Trinajstić information content (AvgIpc) is 1.80. The smallest absolute Gasteiger partial charge is 0.247 e. The highest BCUT2D eigenvalue weighted by Gasteiger charge is 1.93. The largest absolute Gasteiger partial charge is 0.370 e. The molecule has 4 heteroatoms. The van der Waals surface area contributed by atoms with Crippen LogP contribution in [0.5, 0.6) is 0 Å². The fraction of sp³-hybridized carbons (Fsp3) is 0.600. The average molecular weight is 151 g/mol. The van der Waals surface area contributed by atoms with E-state index in [4.69, 9.17) is 11.6 Å². The first kappa shape index (κ1) is 8.88. The first-order valence-electron chi connectivity index (χ1n) is 2.35. The molecule has 0 aliphatic carbocycles. The third-order valence-corrected chi connectivity index (χ3v) is 0.670. The summed E-state index contributed by atoms with van der Waals surface area (Å²) >= 11 is 4.92. The lowest BCUT2D eigenvalue weighted by atomic mass is 10.7. The molecule has 0 saturated heterocycles. The molecule has 0 unspecified atom stereocenters. The fourth-order valence-corrected chi connectivity index (χ4v) is 0.337. The van der Waals surface area contributed by atoms with Crippen LogP contribution in [0.15, 0.2) is 0 Å². The highest BCUT2D eigenvalue weighted by Crippen LogP contribution is 1.81. The number of carbonyl (C=O) groups is 1. The quantitative estimate of drug-likeness (QED) is 0.422. The minimum absolute atomic E-state index is 0.0923. The maximum atomic E-state index is 9.98. The molecule has 0 heterocycles. The van der Waals surface area contributed by atoms with Gasteiger partial charge in [-0.1, -0.05) is 0 Å². The van der Waals surface area contributed by atoms with Crippen LogP contribution in [-0.4, -0.2) is 25.1 Å². The van der Waals surface area contributed by atoms with Gasteiger partial charge in [0, 0.05) is 0 Å². The van der Waals surface area contributed by atoms with E-state index in [0.29, 0.717) is 0 Å². The molecule has 52 valence electrons. The van der Waals surface area contributed by atoms with Crippen molar-refractivity contribution in [2.24, 2.45) is 0 Å². The van der Waals surface area contributed by atoms with Crippen molar-refractivity contribution in [1.29, 1.82) is 0 Å². The Balaban J connectivity index is 2.83. The summed E-state index contributed by atoms with van der Waals surface area (Å²) in [6.45, 7) is 0.462. The zero-order valence-electron chi connectivity index (χ0n) is 4.80. The Morgan fingerprint density at radius 2 is 2.22 bits per heavy atom. The van der Waals surface area contributed by atoms with Crippen molar-refractivity contribution in [3.8, 4) is 0 Å². The van der Waals surface area contributed by atoms with Crippen LogP contribution in [0.25, 0.3) is 0 Å². The molecule has 0 amide bonds. The molecule has 0 aliphatic heterocycles. The van der Waals surface area contributed by atoms with Gasteiger partial charge < -0.3 is 9.47 Å². The zero-order chi connectivity index (χ0) is 7.11. The minimum Gasteiger partial charge on any atom is -0.370 e. The second-order valence-electron chi connectivity index (χ2n) is 1.28. The highest BCUT2D eigenvalue weighted by atomic mass is 35.5. The van der Waals surface area contributed by atoms with Gasteiger partial charge >= 0.3 is 0 Å². The third kappa shape index (κ3) is 7.88. The van der Waals surface area contributed by atoms with Gasteiger partial charge in [-0.05, 0) is 11.6 Å². The van der Waals surface area contributed by atoms with Crippen molar-refractivity contribution in [1.82, 2.24) is 0 Å². The number of carbonyl (C=O) groups excluding carboxylic acids is 1. The first-order chi connectivity index (χ1) is 4.27. The summed E-state index contributed by atoms with van der Waals surface area (Å²) in [4.78, 5) is 9.98. The SMILES string of the molecule is [CH]OCCOCC(=O)Cl. The molecule has 0 aromatic rings. The zero-order valence-corrected chi connectivity index (χ0v) is 5.56. The van der Waals surface area contributed by atoms with Gasteiger partial charge in [-0.25, -0.2) is 0 Å². The van der Waals surface area contributed by atoms with Gasteiger partial charge in [0.15, 0.2) is 0 Å². The van der Waals surface area contributed by atoms with Gasteiger partial charge in [0.25, 0.3) is 0 Å². The monoisotopic (exact) mass is 150 g/mol. The van der Waals surface area contributed by atoms with Crippen LogP contribution in [0.4, 0.5) is 0 Å². The topological polar surface area (TPSA) is 35.5 Å². The fourth-order valence-electron chi connectivity index (χ4n) is 0.259. The Morgan fingerprint density at radius 3 is 2.67 bits per heavy atom. The summed E-state index contributed by atoms with van der Waals surface area (Å²) in [5.41, 5.74) is 0. The molecule has 0 spiro atoms. The van der Waals surface area contributed by atoms with E-state index in [1.165, 1.54) is 0 Å². The second-order valence-corrected chi connectivity index (χ2v) is 1.70. The molecule has 0 N–H and O–H groups in total. The Kier molecular flexibility index (Phi) is 5.93. The number of hydrogen-bond acceptors (Lipinski definition) is 3. The Labute approximate surface area is 58.9 Å². The Bertz CT molecular complexity index is 84.3. The normalized spacial score (nSPS) is 9.56. The van der Waals surface area contributed by atoms with E-state index in [9.17, 15) is 4.79 Å². The lowest BCUT2D eigenvalue weighted by Crippen LogP contribution is -2.06. The summed E-state index contributed by atoms with van der Waals surface area (Å²) in [5.74, 6) is 0. The molecule has 2 radical (unpaired) electrons. The summed E-state index contributed by atoms with van der Waals surface area (Å²) < 4.78 is 8.79. The molecule has 0 aromatic heterocycles. The van der Waals surface area contributed by atoms with E-state index < -0.39 is 5.24 Å². The van der Waals surface area contributed by atoms with E-state index in [1.54, 1.807) is 0 Å². The van der Waals surface area contributed by atoms with Gasteiger partial charge in [-0.2, -0.15) is 0 Å². The van der Waals surface area contributed by atoms with Crippen LogP contribution < -0.4 is 0 Å².